The van der Waals surface area contributed by atoms with Gasteiger partial charge in [0.2, 0.25) is 0 Å². The van der Waals surface area contributed by atoms with Gasteiger partial charge in [0.1, 0.15) is 0 Å². The minimum Gasteiger partial charge on any atom is -0.398 e. The van der Waals surface area contributed by atoms with Gasteiger partial charge in [0.25, 0.3) is 0 Å². The van der Waals surface area contributed by atoms with E-state index >= 15 is 0 Å². The molecule has 0 atom stereocenters. The zero-order valence-electron chi connectivity index (χ0n) is 6.60. The van der Waals surface area contributed by atoms with Crippen molar-refractivity contribution in [2.24, 2.45) is 0 Å². The summed E-state index contributed by atoms with van der Waals surface area (Å²) in [4.78, 5) is 1.32. The summed E-state index contributed by atoms with van der Waals surface area (Å²) in [6, 6.07) is 6.15. The summed E-state index contributed by atoms with van der Waals surface area (Å²) < 4.78 is 2.27. The average Bonchev–Trinajstić information content (AvgIpc) is 2.39. The molecule has 3 heteroatoms. The topological polar surface area (TPSA) is 26.0 Å². The molecule has 0 radical (unpaired) electrons. The lowest BCUT2D eigenvalue weighted by Gasteiger charge is -1.97. The third-order valence-corrected chi connectivity index (χ3v) is 3.98. The number of fused-ring (bicyclic) bond motifs is 1. The van der Waals surface area contributed by atoms with Crippen LogP contribution in [0.25, 0.3) is 10.1 Å². The molecule has 1 nitrogen and oxygen atoms in total. The van der Waals surface area contributed by atoms with Gasteiger partial charge in [-0.25, -0.2) is 0 Å². The first kappa shape index (κ1) is 8.08. The van der Waals surface area contributed by atoms with Crippen molar-refractivity contribution in [3.8, 4) is 0 Å². The number of rotatable bonds is 0. The Kier molecular flexibility index (Phi) is 1.85. The standard InChI is InChI=1S/C9H8BrNS/c1-5-4-6-2-3-7(11)8(10)9(6)12-5/h2-4H,11H2,1H3. The molecule has 0 amide bonds. The normalized spacial score (nSPS) is 10.8. The van der Waals surface area contributed by atoms with Crippen molar-refractivity contribution in [1.82, 2.24) is 0 Å². The molecular formula is C9H8BrNS. The fourth-order valence-electron chi connectivity index (χ4n) is 1.21. The van der Waals surface area contributed by atoms with Gasteiger partial charge in [0, 0.05) is 10.6 Å². The van der Waals surface area contributed by atoms with E-state index < -0.39 is 0 Å². The smallest absolute Gasteiger partial charge is 0.0583 e. The highest BCUT2D eigenvalue weighted by atomic mass is 79.9. The fraction of sp³-hybridized carbons (Fsp3) is 0.111. The molecule has 0 saturated heterocycles. The van der Waals surface area contributed by atoms with Crippen LogP contribution in [0.3, 0.4) is 0 Å². The predicted octanol–water partition coefficient (Wildman–Crippen LogP) is 3.55. The number of benzene rings is 1. The Balaban J connectivity index is 2.89. The number of hydrogen-bond acceptors (Lipinski definition) is 2. The summed E-state index contributed by atoms with van der Waals surface area (Å²) in [6.07, 6.45) is 0. The quantitative estimate of drug-likeness (QED) is 0.702. The van der Waals surface area contributed by atoms with Gasteiger partial charge >= 0.3 is 0 Å². The highest BCUT2D eigenvalue weighted by molar-refractivity contribution is 9.10. The van der Waals surface area contributed by atoms with Crippen molar-refractivity contribution in [3.05, 3.63) is 27.5 Å². The number of thiophene rings is 1. The molecule has 1 aromatic carbocycles. The zero-order chi connectivity index (χ0) is 8.72. The number of hydrogen-bond donors (Lipinski definition) is 1. The Morgan fingerprint density at radius 1 is 1.42 bits per heavy atom. The summed E-state index contributed by atoms with van der Waals surface area (Å²) in [5, 5.41) is 1.26. The summed E-state index contributed by atoms with van der Waals surface area (Å²) in [6.45, 7) is 2.10. The Labute approximate surface area is 83.3 Å². The van der Waals surface area contributed by atoms with Crippen LogP contribution >= 0.6 is 27.3 Å². The molecular weight excluding hydrogens is 234 g/mol. The lowest BCUT2D eigenvalue weighted by Crippen LogP contribution is -1.84. The molecule has 2 rings (SSSR count). The van der Waals surface area contributed by atoms with Crippen molar-refractivity contribution in [2.75, 3.05) is 5.73 Å². The molecule has 0 aliphatic heterocycles. The Morgan fingerprint density at radius 3 is 2.92 bits per heavy atom. The van der Waals surface area contributed by atoms with Crippen LogP contribution in [-0.2, 0) is 0 Å². The van der Waals surface area contributed by atoms with Gasteiger partial charge in [-0.1, -0.05) is 6.07 Å². The summed E-state index contributed by atoms with van der Waals surface area (Å²) in [7, 11) is 0. The summed E-state index contributed by atoms with van der Waals surface area (Å²) in [5.41, 5.74) is 6.56. The first-order valence-corrected chi connectivity index (χ1v) is 5.23. The molecule has 0 saturated carbocycles. The summed E-state index contributed by atoms with van der Waals surface area (Å²) >= 11 is 5.25. The van der Waals surface area contributed by atoms with Crippen molar-refractivity contribution in [1.29, 1.82) is 0 Å². The second kappa shape index (κ2) is 2.75. The van der Waals surface area contributed by atoms with Gasteiger partial charge in [-0.05, 0) is 40.4 Å². The van der Waals surface area contributed by atoms with E-state index in [9.17, 15) is 0 Å². The molecule has 0 aliphatic rings. The van der Waals surface area contributed by atoms with Crippen molar-refractivity contribution in [3.63, 3.8) is 0 Å². The first-order chi connectivity index (χ1) is 5.68. The van der Waals surface area contributed by atoms with Crippen LogP contribution in [0, 0.1) is 6.92 Å². The SMILES string of the molecule is Cc1cc2ccc(N)c(Br)c2s1. The van der Waals surface area contributed by atoms with Gasteiger partial charge in [-0.15, -0.1) is 11.3 Å². The van der Waals surface area contributed by atoms with Crippen molar-refractivity contribution >= 4 is 43.0 Å². The van der Waals surface area contributed by atoms with Crippen LogP contribution in [0.5, 0.6) is 0 Å². The van der Waals surface area contributed by atoms with E-state index in [0.29, 0.717) is 0 Å². The Bertz CT molecular complexity index is 433. The molecule has 1 aromatic heterocycles. The monoisotopic (exact) mass is 241 g/mol. The Hall–Kier alpha value is -0.540. The van der Waals surface area contributed by atoms with Crippen LogP contribution in [0.15, 0.2) is 22.7 Å². The maximum atomic E-state index is 5.75. The van der Waals surface area contributed by atoms with Gasteiger partial charge in [0.15, 0.2) is 0 Å². The third kappa shape index (κ3) is 1.13. The van der Waals surface area contributed by atoms with Crippen LogP contribution < -0.4 is 5.73 Å². The van der Waals surface area contributed by atoms with Crippen LogP contribution in [0.2, 0.25) is 0 Å². The predicted molar refractivity (Wildman–Crippen MR) is 58.7 cm³/mol. The zero-order valence-corrected chi connectivity index (χ0v) is 9.00. The minimum atomic E-state index is 0.810. The largest absolute Gasteiger partial charge is 0.398 e. The number of nitrogens with two attached hydrogens (primary N) is 1. The van der Waals surface area contributed by atoms with Gasteiger partial charge in [-0.2, -0.15) is 0 Å². The number of halogens is 1. The fourth-order valence-corrected chi connectivity index (χ4v) is 2.78. The van der Waals surface area contributed by atoms with Crippen molar-refractivity contribution < 1.29 is 0 Å². The molecule has 0 fully saturated rings. The summed E-state index contributed by atoms with van der Waals surface area (Å²) in [5.74, 6) is 0. The highest BCUT2D eigenvalue weighted by Gasteiger charge is 2.04. The second-order valence-electron chi connectivity index (χ2n) is 2.74. The third-order valence-electron chi connectivity index (χ3n) is 1.78. The molecule has 0 aliphatic carbocycles. The molecule has 0 bridgehead atoms. The molecule has 0 unspecified atom stereocenters. The second-order valence-corrected chi connectivity index (χ2v) is 4.79. The minimum absolute atomic E-state index is 0.810. The Morgan fingerprint density at radius 2 is 2.17 bits per heavy atom. The van der Waals surface area contributed by atoms with E-state index in [4.69, 9.17) is 5.73 Å². The first-order valence-electron chi connectivity index (χ1n) is 3.62. The van der Waals surface area contributed by atoms with Crippen LogP contribution in [0.1, 0.15) is 4.88 Å². The van der Waals surface area contributed by atoms with Gasteiger partial charge in [0.05, 0.1) is 9.17 Å². The lowest BCUT2D eigenvalue weighted by molar-refractivity contribution is 1.65. The molecule has 12 heavy (non-hydrogen) atoms. The highest BCUT2D eigenvalue weighted by Crippen LogP contribution is 2.35. The van der Waals surface area contributed by atoms with Gasteiger partial charge in [-0.3, -0.25) is 0 Å². The number of anilines is 1. The van der Waals surface area contributed by atoms with E-state index in [1.165, 1.54) is 15.0 Å². The van der Waals surface area contributed by atoms with Crippen LogP contribution in [0.4, 0.5) is 5.69 Å². The van der Waals surface area contributed by atoms with Gasteiger partial charge < -0.3 is 5.73 Å². The van der Waals surface area contributed by atoms with E-state index in [-0.39, 0.29) is 0 Å². The average molecular weight is 242 g/mol. The lowest BCUT2D eigenvalue weighted by atomic mass is 10.2. The van der Waals surface area contributed by atoms with Crippen molar-refractivity contribution in [2.45, 2.75) is 6.92 Å². The van der Waals surface area contributed by atoms with E-state index in [1.54, 1.807) is 11.3 Å². The van der Waals surface area contributed by atoms with E-state index in [1.807, 2.05) is 6.07 Å². The molecule has 62 valence electrons. The van der Waals surface area contributed by atoms with Crippen LogP contribution in [-0.4, -0.2) is 0 Å². The maximum Gasteiger partial charge on any atom is 0.0583 e. The van der Waals surface area contributed by atoms with E-state index in [0.717, 1.165) is 10.2 Å². The van der Waals surface area contributed by atoms with E-state index in [2.05, 4.69) is 35.0 Å². The molecule has 2 N–H and O–H groups in total. The number of aryl methyl sites for hydroxylation is 1. The number of nitrogen functional groups attached to an aromatic ring is 1. The molecule has 0 spiro atoms. The molecule has 2 aromatic rings. The molecule has 1 heterocycles. The maximum absolute atomic E-state index is 5.75.